The van der Waals surface area contributed by atoms with Crippen LogP contribution in [-0.2, 0) is 9.47 Å². The third-order valence-corrected chi connectivity index (χ3v) is 6.32. The van der Waals surface area contributed by atoms with Gasteiger partial charge in [0.05, 0.1) is 37.2 Å². The molecule has 0 radical (unpaired) electrons. The van der Waals surface area contributed by atoms with Gasteiger partial charge in [-0.25, -0.2) is 19.2 Å². The SMILES string of the molecule is COC(=O)c1ccc(C(O)c2cc(-c3ncnc4cc(N5CCOCC5)ccc34)c(F)cc2Cl)nn1. The summed E-state index contributed by atoms with van der Waals surface area (Å²) in [7, 11) is 1.23. The molecule has 0 bridgehead atoms. The lowest BCUT2D eigenvalue weighted by Gasteiger charge is -2.29. The summed E-state index contributed by atoms with van der Waals surface area (Å²) in [6.45, 7) is 2.87. The van der Waals surface area contributed by atoms with E-state index < -0.39 is 17.9 Å². The monoisotopic (exact) mass is 509 g/mol. The number of benzene rings is 2. The maximum absolute atomic E-state index is 15.1. The first kappa shape index (κ1) is 24.0. The third kappa shape index (κ3) is 4.58. The largest absolute Gasteiger partial charge is 0.464 e. The zero-order valence-corrected chi connectivity index (χ0v) is 19.9. The van der Waals surface area contributed by atoms with Crippen LogP contribution in [0.3, 0.4) is 0 Å². The maximum atomic E-state index is 15.1. The second-order valence-corrected chi connectivity index (χ2v) is 8.52. The molecule has 9 nitrogen and oxygen atoms in total. The molecule has 1 aliphatic rings. The van der Waals surface area contributed by atoms with Crippen molar-refractivity contribution in [3.63, 3.8) is 0 Å². The van der Waals surface area contributed by atoms with Crippen molar-refractivity contribution in [2.75, 3.05) is 38.3 Å². The summed E-state index contributed by atoms with van der Waals surface area (Å²) in [5.41, 5.74) is 2.50. The Morgan fingerprint density at radius 3 is 2.67 bits per heavy atom. The molecule has 184 valence electrons. The molecule has 11 heteroatoms. The number of anilines is 1. The van der Waals surface area contributed by atoms with Crippen molar-refractivity contribution in [3.05, 3.63) is 76.6 Å². The smallest absolute Gasteiger partial charge is 0.358 e. The highest BCUT2D eigenvalue weighted by molar-refractivity contribution is 6.31. The fourth-order valence-corrected chi connectivity index (χ4v) is 4.35. The van der Waals surface area contributed by atoms with E-state index in [1.807, 2.05) is 18.2 Å². The molecule has 2 aromatic carbocycles. The number of carbonyl (C=O) groups excluding carboxylic acids is 1. The molecule has 5 rings (SSSR count). The Bertz CT molecular complexity index is 1430. The average Bonchev–Trinajstić information content (AvgIpc) is 2.92. The van der Waals surface area contributed by atoms with Crippen LogP contribution in [-0.4, -0.2) is 64.7 Å². The number of ether oxygens (including phenoxy) is 2. The standard InChI is InChI=1S/C25H21ClFN5O4/c1-35-25(34)21-5-4-20(30-31-21)24(33)16-11-17(19(27)12-18(16)26)23-15-3-2-14(10-22(15)28-13-29-23)32-6-8-36-9-7-32/h2-5,10-13,24,33H,6-9H2,1H3. The molecule has 1 atom stereocenters. The molecule has 36 heavy (non-hydrogen) atoms. The first-order valence-corrected chi connectivity index (χ1v) is 11.5. The predicted octanol–water partition coefficient (Wildman–Crippen LogP) is 3.58. The lowest BCUT2D eigenvalue weighted by atomic mass is 9.99. The first-order chi connectivity index (χ1) is 17.5. The Hall–Kier alpha value is -3.73. The summed E-state index contributed by atoms with van der Waals surface area (Å²) in [6.07, 6.45) is 0.0548. The van der Waals surface area contributed by atoms with Crippen LogP contribution in [0.25, 0.3) is 22.2 Å². The summed E-state index contributed by atoms with van der Waals surface area (Å²) >= 11 is 6.29. The minimum absolute atomic E-state index is 0.00978. The van der Waals surface area contributed by atoms with E-state index in [-0.39, 0.29) is 27.5 Å². The number of morpholine rings is 1. The van der Waals surface area contributed by atoms with Gasteiger partial charge in [-0.05, 0) is 42.5 Å². The topological polar surface area (TPSA) is 111 Å². The predicted molar refractivity (Wildman–Crippen MR) is 130 cm³/mol. The normalized spacial score (nSPS) is 14.6. The molecular formula is C25H21ClFN5O4. The fourth-order valence-electron chi connectivity index (χ4n) is 4.10. The van der Waals surface area contributed by atoms with Crippen molar-refractivity contribution in [2.45, 2.75) is 6.10 Å². The van der Waals surface area contributed by atoms with E-state index >= 15 is 4.39 Å². The molecule has 0 amide bonds. The first-order valence-electron chi connectivity index (χ1n) is 11.1. The molecule has 1 aliphatic heterocycles. The molecule has 0 spiro atoms. The zero-order valence-electron chi connectivity index (χ0n) is 19.2. The van der Waals surface area contributed by atoms with Crippen LogP contribution in [0.2, 0.25) is 5.02 Å². The van der Waals surface area contributed by atoms with Gasteiger partial charge in [-0.2, -0.15) is 5.10 Å². The van der Waals surface area contributed by atoms with Gasteiger partial charge < -0.3 is 19.5 Å². The van der Waals surface area contributed by atoms with Gasteiger partial charge >= 0.3 is 5.97 Å². The number of rotatable bonds is 5. The van der Waals surface area contributed by atoms with Gasteiger partial charge in [0.15, 0.2) is 5.69 Å². The second kappa shape index (κ2) is 10.1. The third-order valence-electron chi connectivity index (χ3n) is 5.99. The molecule has 1 saturated heterocycles. The summed E-state index contributed by atoms with van der Waals surface area (Å²) < 4.78 is 25.2. The fraction of sp³-hybridized carbons (Fsp3) is 0.240. The van der Waals surface area contributed by atoms with Crippen molar-refractivity contribution in [2.24, 2.45) is 0 Å². The Balaban J connectivity index is 1.53. The van der Waals surface area contributed by atoms with Crippen LogP contribution in [0.4, 0.5) is 10.1 Å². The number of methoxy groups -OCH3 is 1. The molecule has 4 aromatic rings. The van der Waals surface area contributed by atoms with E-state index in [1.165, 1.54) is 31.6 Å². The molecule has 1 fully saturated rings. The minimum atomic E-state index is -1.32. The van der Waals surface area contributed by atoms with Crippen LogP contribution in [0, 0.1) is 5.82 Å². The molecule has 1 unspecified atom stereocenters. The number of nitrogens with zero attached hydrogens (tertiary/aromatic N) is 5. The average molecular weight is 510 g/mol. The lowest BCUT2D eigenvalue weighted by Crippen LogP contribution is -2.36. The number of aliphatic hydroxyl groups excluding tert-OH is 1. The summed E-state index contributed by atoms with van der Waals surface area (Å²) in [5, 5.41) is 19.3. The Morgan fingerprint density at radius 2 is 1.94 bits per heavy atom. The van der Waals surface area contributed by atoms with Gasteiger partial charge in [0.25, 0.3) is 0 Å². The summed E-state index contributed by atoms with van der Waals surface area (Å²) in [4.78, 5) is 22.5. The zero-order chi connectivity index (χ0) is 25.2. The number of esters is 1. The number of hydrogen-bond acceptors (Lipinski definition) is 9. The molecular weight excluding hydrogens is 489 g/mol. The highest BCUT2D eigenvalue weighted by Gasteiger charge is 2.22. The molecule has 2 aromatic heterocycles. The van der Waals surface area contributed by atoms with Gasteiger partial charge in [-0.15, -0.1) is 5.10 Å². The number of halogens is 2. The number of fused-ring (bicyclic) bond motifs is 1. The van der Waals surface area contributed by atoms with Crippen LogP contribution in [0.15, 0.2) is 48.8 Å². The van der Waals surface area contributed by atoms with E-state index in [9.17, 15) is 9.90 Å². The number of carbonyl (C=O) groups is 1. The van der Waals surface area contributed by atoms with E-state index in [0.717, 1.165) is 24.8 Å². The van der Waals surface area contributed by atoms with E-state index in [0.29, 0.717) is 29.8 Å². The van der Waals surface area contributed by atoms with Crippen molar-refractivity contribution in [1.29, 1.82) is 0 Å². The highest BCUT2D eigenvalue weighted by atomic mass is 35.5. The van der Waals surface area contributed by atoms with Gasteiger partial charge in [0, 0.05) is 40.3 Å². The number of aromatic nitrogens is 4. The Kier molecular flexibility index (Phi) is 6.73. The van der Waals surface area contributed by atoms with Crippen LogP contribution < -0.4 is 4.90 Å². The molecule has 0 aliphatic carbocycles. The molecule has 3 heterocycles. The lowest BCUT2D eigenvalue weighted by molar-refractivity contribution is 0.0592. The van der Waals surface area contributed by atoms with E-state index in [2.05, 4.69) is 29.8 Å². The van der Waals surface area contributed by atoms with Crippen molar-refractivity contribution < 1.29 is 23.8 Å². The van der Waals surface area contributed by atoms with Crippen LogP contribution in [0.1, 0.15) is 27.8 Å². The van der Waals surface area contributed by atoms with E-state index in [4.69, 9.17) is 16.3 Å². The summed E-state index contributed by atoms with van der Waals surface area (Å²) in [6, 6.07) is 11.1. The second-order valence-electron chi connectivity index (χ2n) is 8.11. The number of aliphatic hydroxyl groups is 1. The van der Waals surface area contributed by atoms with Gasteiger partial charge in [0.2, 0.25) is 0 Å². The van der Waals surface area contributed by atoms with E-state index in [1.54, 1.807) is 0 Å². The molecule has 1 N–H and O–H groups in total. The van der Waals surface area contributed by atoms with Crippen molar-refractivity contribution in [3.8, 4) is 11.3 Å². The highest BCUT2D eigenvalue weighted by Crippen LogP contribution is 2.36. The van der Waals surface area contributed by atoms with Crippen molar-refractivity contribution >= 4 is 34.2 Å². The van der Waals surface area contributed by atoms with Crippen molar-refractivity contribution in [1.82, 2.24) is 20.2 Å². The summed E-state index contributed by atoms with van der Waals surface area (Å²) in [5.74, 6) is -1.25. The minimum Gasteiger partial charge on any atom is -0.464 e. The maximum Gasteiger partial charge on any atom is 0.358 e. The Labute approximate surface area is 210 Å². The van der Waals surface area contributed by atoms with Crippen LogP contribution >= 0.6 is 11.6 Å². The van der Waals surface area contributed by atoms with Gasteiger partial charge in [0.1, 0.15) is 18.2 Å². The van der Waals surface area contributed by atoms with Gasteiger partial charge in [-0.3, -0.25) is 0 Å². The van der Waals surface area contributed by atoms with Gasteiger partial charge in [-0.1, -0.05) is 11.6 Å². The quantitative estimate of drug-likeness (QED) is 0.403. The number of hydrogen-bond donors (Lipinski definition) is 1. The Morgan fingerprint density at radius 1 is 1.14 bits per heavy atom. The van der Waals surface area contributed by atoms with Crippen LogP contribution in [0.5, 0.6) is 0 Å². The molecule has 0 saturated carbocycles.